The van der Waals surface area contributed by atoms with Crippen molar-refractivity contribution in [1.29, 1.82) is 0 Å². The molecule has 3 aliphatic rings. The van der Waals surface area contributed by atoms with Crippen LogP contribution in [-0.2, 0) is 5.41 Å². The van der Waals surface area contributed by atoms with Crippen molar-refractivity contribution in [1.82, 2.24) is 15.3 Å². The first kappa shape index (κ1) is 26.5. The molecular formula is C29H41ClN6S. The summed E-state index contributed by atoms with van der Waals surface area (Å²) in [7, 11) is 0. The maximum Gasteiger partial charge on any atom is 0.232 e. The third-order valence-electron chi connectivity index (χ3n) is 8.61. The number of aromatic nitrogens is 2. The van der Waals surface area contributed by atoms with Crippen LogP contribution in [-0.4, -0.2) is 47.3 Å². The number of piperidine rings is 2. The predicted octanol–water partition coefficient (Wildman–Crippen LogP) is 6.54. The number of thiocarbonyl (C=S) groups is 1. The van der Waals surface area contributed by atoms with Crippen LogP contribution < -0.4 is 20.4 Å². The van der Waals surface area contributed by atoms with E-state index in [-0.39, 0.29) is 5.41 Å². The van der Waals surface area contributed by atoms with Gasteiger partial charge in [-0.1, -0.05) is 43.5 Å². The molecule has 0 amide bonds. The van der Waals surface area contributed by atoms with E-state index in [0.717, 1.165) is 55.7 Å². The molecule has 3 heterocycles. The SMILES string of the molecule is C[C@H]1CCCN(c2cc(N3CCCC[C@@H]3C)nc(NC(=S)NCC3(c4ccc(Cl)cc4)CCCC3)n2)C1. The van der Waals surface area contributed by atoms with Crippen LogP contribution in [0.25, 0.3) is 0 Å². The van der Waals surface area contributed by atoms with Crippen LogP contribution in [0.1, 0.15) is 77.2 Å². The molecule has 37 heavy (non-hydrogen) atoms. The van der Waals surface area contributed by atoms with Crippen molar-refractivity contribution >= 4 is 46.5 Å². The van der Waals surface area contributed by atoms with Crippen molar-refractivity contribution in [3.05, 3.63) is 40.9 Å². The zero-order valence-corrected chi connectivity index (χ0v) is 23.9. The van der Waals surface area contributed by atoms with Crippen LogP contribution in [0.2, 0.25) is 5.02 Å². The van der Waals surface area contributed by atoms with Gasteiger partial charge in [-0.05, 0) is 87.7 Å². The first-order valence-electron chi connectivity index (χ1n) is 14.1. The van der Waals surface area contributed by atoms with Gasteiger partial charge in [0, 0.05) is 48.7 Å². The van der Waals surface area contributed by atoms with E-state index >= 15 is 0 Å². The van der Waals surface area contributed by atoms with Crippen molar-refractivity contribution in [2.75, 3.05) is 41.3 Å². The molecule has 2 N–H and O–H groups in total. The molecule has 0 unspecified atom stereocenters. The van der Waals surface area contributed by atoms with Gasteiger partial charge in [0.05, 0.1) is 0 Å². The Morgan fingerprint density at radius 2 is 1.76 bits per heavy atom. The average Bonchev–Trinajstić information content (AvgIpc) is 3.38. The molecule has 1 aromatic carbocycles. The Labute approximate surface area is 232 Å². The highest BCUT2D eigenvalue weighted by Gasteiger charge is 2.35. The monoisotopic (exact) mass is 540 g/mol. The molecule has 5 rings (SSSR count). The summed E-state index contributed by atoms with van der Waals surface area (Å²) < 4.78 is 0. The summed E-state index contributed by atoms with van der Waals surface area (Å²) in [6.45, 7) is 8.55. The molecule has 200 valence electrons. The van der Waals surface area contributed by atoms with Crippen LogP contribution in [0.5, 0.6) is 0 Å². The summed E-state index contributed by atoms with van der Waals surface area (Å²) >= 11 is 12.0. The zero-order chi connectivity index (χ0) is 25.8. The molecule has 1 aromatic heterocycles. The van der Waals surface area contributed by atoms with Crippen LogP contribution in [0, 0.1) is 5.92 Å². The number of benzene rings is 1. The highest BCUT2D eigenvalue weighted by atomic mass is 35.5. The molecule has 1 aliphatic carbocycles. The molecule has 8 heteroatoms. The molecule has 6 nitrogen and oxygen atoms in total. The minimum Gasteiger partial charge on any atom is -0.361 e. The molecule has 2 aromatic rings. The molecule has 2 saturated heterocycles. The maximum absolute atomic E-state index is 6.17. The van der Waals surface area contributed by atoms with E-state index in [2.05, 4.69) is 52.5 Å². The third-order valence-corrected chi connectivity index (χ3v) is 9.11. The molecule has 2 atom stereocenters. The fourth-order valence-corrected chi connectivity index (χ4v) is 6.73. The number of rotatable bonds is 6. The summed E-state index contributed by atoms with van der Waals surface area (Å²) in [4.78, 5) is 14.8. The lowest BCUT2D eigenvalue weighted by molar-refractivity contribution is 0.435. The Morgan fingerprint density at radius 3 is 2.49 bits per heavy atom. The molecule has 0 bridgehead atoms. The number of nitrogens with zero attached hydrogens (tertiary/aromatic N) is 4. The van der Waals surface area contributed by atoms with Gasteiger partial charge in [-0.3, -0.25) is 0 Å². The summed E-state index contributed by atoms with van der Waals surface area (Å²) in [5, 5.41) is 8.24. The van der Waals surface area contributed by atoms with E-state index in [4.69, 9.17) is 33.8 Å². The lowest BCUT2D eigenvalue weighted by Crippen LogP contribution is -2.41. The Bertz CT molecular complexity index is 1070. The Balaban J connectivity index is 1.33. The van der Waals surface area contributed by atoms with E-state index in [1.807, 2.05) is 12.1 Å². The average molecular weight is 541 g/mol. The van der Waals surface area contributed by atoms with Crippen LogP contribution >= 0.6 is 23.8 Å². The van der Waals surface area contributed by atoms with Crippen molar-refractivity contribution in [2.45, 2.75) is 83.1 Å². The second kappa shape index (κ2) is 11.7. The molecule has 0 spiro atoms. The van der Waals surface area contributed by atoms with Gasteiger partial charge in [0.2, 0.25) is 5.95 Å². The Kier molecular flexibility index (Phi) is 8.40. The molecular weight excluding hydrogens is 500 g/mol. The van der Waals surface area contributed by atoms with Crippen molar-refractivity contribution in [2.24, 2.45) is 5.92 Å². The molecule has 1 saturated carbocycles. The fraction of sp³-hybridized carbons (Fsp3) is 0.621. The van der Waals surface area contributed by atoms with E-state index in [9.17, 15) is 0 Å². The lowest BCUT2D eigenvalue weighted by atomic mass is 9.79. The highest BCUT2D eigenvalue weighted by molar-refractivity contribution is 7.80. The fourth-order valence-electron chi connectivity index (χ4n) is 6.44. The third kappa shape index (κ3) is 6.31. The standard InChI is InChI=1S/C29H41ClN6S/c1-21-8-7-16-35(19-21)25-18-26(36-17-6-3-9-22(36)2)33-27(32-25)34-28(37)31-20-29(14-4-5-15-29)23-10-12-24(30)13-11-23/h10-13,18,21-22H,3-9,14-17,19-20H2,1-2H3,(H2,31,32,33,34,37)/t21-,22-/m0/s1. The largest absolute Gasteiger partial charge is 0.361 e. The van der Waals surface area contributed by atoms with Crippen LogP contribution in [0.4, 0.5) is 17.6 Å². The van der Waals surface area contributed by atoms with E-state index < -0.39 is 0 Å². The zero-order valence-electron chi connectivity index (χ0n) is 22.3. The molecule has 2 aliphatic heterocycles. The van der Waals surface area contributed by atoms with Crippen LogP contribution in [0.15, 0.2) is 30.3 Å². The van der Waals surface area contributed by atoms with Crippen molar-refractivity contribution < 1.29 is 0 Å². The van der Waals surface area contributed by atoms with Gasteiger partial charge in [0.15, 0.2) is 5.11 Å². The minimum absolute atomic E-state index is 0.0807. The van der Waals surface area contributed by atoms with Gasteiger partial charge in [-0.2, -0.15) is 9.97 Å². The first-order chi connectivity index (χ1) is 17.9. The minimum atomic E-state index is 0.0807. The summed E-state index contributed by atoms with van der Waals surface area (Å²) in [5.74, 6) is 3.28. The number of hydrogen-bond acceptors (Lipinski definition) is 5. The quantitative estimate of drug-likeness (QED) is 0.403. The first-order valence-corrected chi connectivity index (χ1v) is 14.9. The topological polar surface area (TPSA) is 56.3 Å². The normalized spacial score (nSPS) is 23.6. The van der Waals surface area contributed by atoms with E-state index in [1.165, 1.54) is 50.5 Å². The van der Waals surface area contributed by atoms with Gasteiger partial charge in [0.25, 0.3) is 0 Å². The van der Waals surface area contributed by atoms with Crippen molar-refractivity contribution in [3.8, 4) is 0 Å². The summed E-state index contributed by atoms with van der Waals surface area (Å²) in [6, 6.07) is 11.0. The number of nitrogens with one attached hydrogen (secondary N) is 2. The Hall–Kier alpha value is -2.12. The van der Waals surface area contributed by atoms with Gasteiger partial charge in [-0.15, -0.1) is 0 Å². The number of halogens is 1. The van der Waals surface area contributed by atoms with Gasteiger partial charge >= 0.3 is 0 Å². The number of hydrogen-bond donors (Lipinski definition) is 2. The van der Waals surface area contributed by atoms with Gasteiger partial charge < -0.3 is 20.4 Å². The summed E-state index contributed by atoms with van der Waals surface area (Å²) in [6.07, 6.45) is 11.0. The van der Waals surface area contributed by atoms with E-state index in [1.54, 1.807) is 0 Å². The maximum atomic E-state index is 6.17. The lowest BCUT2D eigenvalue weighted by Gasteiger charge is -2.36. The number of anilines is 3. The second-order valence-corrected chi connectivity index (χ2v) is 12.3. The summed E-state index contributed by atoms with van der Waals surface area (Å²) in [5.41, 5.74) is 1.42. The van der Waals surface area contributed by atoms with E-state index in [0.29, 0.717) is 23.0 Å². The molecule has 0 radical (unpaired) electrons. The van der Waals surface area contributed by atoms with Crippen molar-refractivity contribution in [3.63, 3.8) is 0 Å². The predicted molar refractivity (Wildman–Crippen MR) is 159 cm³/mol. The molecule has 3 fully saturated rings. The van der Waals surface area contributed by atoms with Gasteiger partial charge in [0.1, 0.15) is 11.6 Å². The second-order valence-electron chi connectivity index (χ2n) is 11.4. The van der Waals surface area contributed by atoms with Crippen LogP contribution in [0.3, 0.4) is 0 Å². The highest BCUT2D eigenvalue weighted by Crippen LogP contribution is 2.41. The van der Waals surface area contributed by atoms with Gasteiger partial charge in [-0.25, -0.2) is 0 Å². The Morgan fingerprint density at radius 1 is 1.00 bits per heavy atom. The smallest absolute Gasteiger partial charge is 0.232 e.